The number of hydrogen-bond donors (Lipinski definition) is 0. The molecule has 178 valence electrons. The molecule has 0 aliphatic rings. The molecule has 0 aliphatic carbocycles. The molecule has 0 radical (unpaired) electrons. The largest absolute Gasteiger partial charge is 0.309 e. The van der Waals surface area contributed by atoms with E-state index >= 15 is 0 Å². The second-order valence-corrected chi connectivity index (χ2v) is 9.44. The van der Waals surface area contributed by atoms with E-state index < -0.39 is 0 Å². The van der Waals surface area contributed by atoms with Crippen LogP contribution in [0.2, 0.25) is 0 Å². The molecule has 0 fully saturated rings. The summed E-state index contributed by atoms with van der Waals surface area (Å²) in [4.78, 5) is 12.9. The maximum atomic E-state index is 4.43. The van der Waals surface area contributed by atoms with Gasteiger partial charge >= 0.3 is 0 Å². The van der Waals surface area contributed by atoms with Gasteiger partial charge in [0.25, 0.3) is 0 Å². The standard InChI is InChI=1S/C33H21N5/c1-2-8-24(9-3-1)37-29-12-6-4-10-25(29)27-18-22(14-16-31(27)37)23-15-17-32-28(19-23)26-11-5-7-13-30(26)38(32)33-35-20-34-21-36-33/h1-21H. The maximum Gasteiger partial charge on any atom is 0.237 e. The zero-order valence-electron chi connectivity index (χ0n) is 20.4. The van der Waals surface area contributed by atoms with E-state index in [-0.39, 0.29) is 0 Å². The van der Waals surface area contributed by atoms with Crippen LogP contribution in [0.5, 0.6) is 0 Å². The molecule has 0 aliphatic heterocycles. The van der Waals surface area contributed by atoms with Crippen molar-refractivity contribution in [1.29, 1.82) is 0 Å². The number of benzene rings is 5. The van der Waals surface area contributed by atoms with Crippen LogP contribution in [-0.4, -0.2) is 24.1 Å². The summed E-state index contributed by atoms with van der Waals surface area (Å²) in [6.45, 7) is 0. The summed E-state index contributed by atoms with van der Waals surface area (Å²) in [5.41, 5.74) is 8.09. The minimum Gasteiger partial charge on any atom is -0.309 e. The number of nitrogens with zero attached hydrogens (tertiary/aromatic N) is 5. The van der Waals surface area contributed by atoms with E-state index in [9.17, 15) is 0 Å². The predicted molar refractivity (Wildman–Crippen MR) is 154 cm³/mol. The number of fused-ring (bicyclic) bond motifs is 6. The van der Waals surface area contributed by atoms with Crippen LogP contribution in [0.25, 0.3) is 66.4 Å². The molecule has 0 spiro atoms. The molecule has 38 heavy (non-hydrogen) atoms. The molecule has 0 saturated carbocycles. The van der Waals surface area contributed by atoms with Crippen LogP contribution in [0, 0.1) is 0 Å². The van der Waals surface area contributed by atoms with Gasteiger partial charge in [0.05, 0.1) is 22.1 Å². The molecule has 5 heteroatoms. The Balaban J connectivity index is 1.36. The Bertz CT molecular complexity index is 1970. The van der Waals surface area contributed by atoms with Gasteiger partial charge in [0.2, 0.25) is 5.95 Å². The fourth-order valence-electron chi connectivity index (χ4n) is 5.72. The highest BCUT2D eigenvalue weighted by Crippen LogP contribution is 2.37. The zero-order chi connectivity index (χ0) is 25.1. The molecule has 0 saturated heterocycles. The molecule has 0 atom stereocenters. The number of aromatic nitrogens is 5. The van der Waals surface area contributed by atoms with Gasteiger partial charge in [-0.3, -0.25) is 4.57 Å². The average molecular weight is 488 g/mol. The third-order valence-electron chi connectivity index (χ3n) is 7.37. The Kier molecular flexibility index (Phi) is 4.45. The molecule has 8 rings (SSSR count). The Hall–Kier alpha value is -5.29. The van der Waals surface area contributed by atoms with Gasteiger partial charge in [-0.25, -0.2) is 15.0 Å². The number of hydrogen-bond acceptors (Lipinski definition) is 3. The lowest BCUT2D eigenvalue weighted by molar-refractivity contribution is 0.939. The van der Waals surface area contributed by atoms with Gasteiger partial charge in [0, 0.05) is 27.2 Å². The van der Waals surface area contributed by atoms with E-state index in [1.54, 1.807) is 12.7 Å². The Labute approximate surface area is 218 Å². The van der Waals surface area contributed by atoms with Crippen LogP contribution in [-0.2, 0) is 0 Å². The van der Waals surface area contributed by atoms with Gasteiger partial charge in [-0.15, -0.1) is 0 Å². The second kappa shape index (κ2) is 8.11. The number of rotatable bonds is 3. The summed E-state index contributed by atoms with van der Waals surface area (Å²) < 4.78 is 4.45. The van der Waals surface area contributed by atoms with Crippen molar-refractivity contribution in [2.75, 3.05) is 0 Å². The van der Waals surface area contributed by atoms with Gasteiger partial charge in [0.15, 0.2) is 0 Å². The zero-order valence-corrected chi connectivity index (χ0v) is 20.4. The van der Waals surface area contributed by atoms with Crippen LogP contribution < -0.4 is 0 Å². The molecule has 3 aromatic heterocycles. The summed E-state index contributed by atoms with van der Waals surface area (Å²) >= 11 is 0. The SMILES string of the molecule is c1ccc(-n2c3ccccc3c3cc(-c4ccc5c(c4)c4ccccc4n5-c4ncncn4)ccc32)cc1. The molecule has 5 aromatic carbocycles. The van der Waals surface area contributed by atoms with Crippen molar-refractivity contribution >= 4 is 43.6 Å². The monoisotopic (exact) mass is 487 g/mol. The highest BCUT2D eigenvalue weighted by atomic mass is 15.2. The minimum atomic E-state index is 0.620. The first-order valence-electron chi connectivity index (χ1n) is 12.6. The lowest BCUT2D eigenvalue weighted by atomic mass is 10.0. The van der Waals surface area contributed by atoms with Crippen LogP contribution in [0.1, 0.15) is 0 Å². The molecule has 0 amide bonds. The van der Waals surface area contributed by atoms with Crippen LogP contribution >= 0.6 is 0 Å². The van der Waals surface area contributed by atoms with Crippen LogP contribution in [0.3, 0.4) is 0 Å². The topological polar surface area (TPSA) is 48.5 Å². The molecule has 8 aromatic rings. The molecular weight excluding hydrogens is 466 g/mol. The third-order valence-corrected chi connectivity index (χ3v) is 7.37. The van der Waals surface area contributed by atoms with Crippen molar-refractivity contribution in [2.24, 2.45) is 0 Å². The van der Waals surface area contributed by atoms with Gasteiger partial charge in [-0.1, -0.05) is 66.7 Å². The lowest BCUT2D eigenvalue weighted by Crippen LogP contribution is -2.00. The van der Waals surface area contributed by atoms with Crippen molar-refractivity contribution < 1.29 is 0 Å². The van der Waals surface area contributed by atoms with E-state index in [1.807, 2.05) is 0 Å². The molecule has 5 nitrogen and oxygen atoms in total. The first-order chi connectivity index (χ1) is 18.9. The minimum absolute atomic E-state index is 0.620. The summed E-state index contributed by atoms with van der Waals surface area (Å²) in [5.74, 6) is 0.620. The normalized spacial score (nSPS) is 11.7. The van der Waals surface area contributed by atoms with Crippen molar-refractivity contribution in [1.82, 2.24) is 24.1 Å². The first kappa shape index (κ1) is 20.9. The maximum absolute atomic E-state index is 4.43. The van der Waals surface area contributed by atoms with Crippen molar-refractivity contribution in [2.45, 2.75) is 0 Å². The third kappa shape index (κ3) is 3.02. The Morgan fingerprint density at radius 3 is 1.55 bits per heavy atom. The van der Waals surface area contributed by atoms with Gasteiger partial charge in [0.1, 0.15) is 12.7 Å². The highest BCUT2D eigenvalue weighted by molar-refractivity contribution is 6.12. The summed E-state index contributed by atoms with van der Waals surface area (Å²) in [6.07, 6.45) is 3.08. The number of para-hydroxylation sites is 3. The van der Waals surface area contributed by atoms with Gasteiger partial charge in [-0.05, 0) is 59.7 Å². The second-order valence-electron chi connectivity index (χ2n) is 9.44. The molecule has 3 heterocycles. The van der Waals surface area contributed by atoms with Crippen molar-refractivity contribution in [3.63, 3.8) is 0 Å². The Morgan fingerprint density at radius 2 is 0.921 bits per heavy atom. The van der Waals surface area contributed by atoms with Crippen LogP contribution in [0.4, 0.5) is 0 Å². The molecule has 0 N–H and O–H groups in total. The van der Waals surface area contributed by atoms with Crippen LogP contribution in [0.15, 0.2) is 128 Å². The average Bonchev–Trinajstić information content (AvgIpc) is 3.50. The van der Waals surface area contributed by atoms with E-state index in [0.29, 0.717) is 5.95 Å². The van der Waals surface area contributed by atoms with Gasteiger partial charge < -0.3 is 4.57 Å². The van der Waals surface area contributed by atoms with E-state index in [0.717, 1.165) is 11.0 Å². The fourth-order valence-corrected chi connectivity index (χ4v) is 5.72. The van der Waals surface area contributed by atoms with Crippen molar-refractivity contribution in [3.8, 4) is 22.8 Å². The summed E-state index contributed by atoms with van der Waals surface area (Å²) in [7, 11) is 0. The smallest absolute Gasteiger partial charge is 0.237 e. The molecular formula is C33H21N5. The molecule has 0 bridgehead atoms. The van der Waals surface area contributed by atoms with Crippen molar-refractivity contribution in [3.05, 3.63) is 128 Å². The van der Waals surface area contributed by atoms with E-state index in [2.05, 4.69) is 139 Å². The Morgan fingerprint density at radius 1 is 0.421 bits per heavy atom. The van der Waals surface area contributed by atoms with Gasteiger partial charge in [-0.2, -0.15) is 0 Å². The van der Waals surface area contributed by atoms with E-state index in [4.69, 9.17) is 0 Å². The summed E-state index contributed by atoms with van der Waals surface area (Å²) in [6, 6.07) is 41.1. The fraction of sp³-hybridized carbons (Fsp3) is 0. The highest BCUT2D eigenvalue weighted by Gasteiger charge is 2.16. The lowest BCUT2D eigenvalue weighted by Gasteiger charge is -2.08. The summed E-state index contributed by atoms with van der Waals surface area (Å²) in [5, 5.41) is 4.84. The first-order valence-corrected chi connectivity index (χ1v) is 12.6. The van der Waals surface area contributed by atoms with E-state index in [1.165, 1.54) is 49.4 Å². The predicted octanol–water partition coefficient (Wildman–Crippen LogP) is 7.73. The quantitative estimate of drug-likeness (QED) is 0.256. The molecule has 0 unspecified atom stereocenters.